The Morgan fingerprint density at radius 2 is 1.77 bits per heavy atom. The first-order valence-electron chi connectivity index (χ1n) is 9.74. The predicted molar refractivity (Wildman–Crippen MR) is 131 cm³/mol. The molecule has 158 valence electrons. The maximum atomic E-state index is 12.1. The third kappa shape index (κ3) is 7.55. The first-order valence-corrected chi connectivity index (χ1v) is 9.74. The van der Waals surface area contributed by atoms with Crippen LogP contribution < -0.4 is 16.0 Å². The number of guanidine groups is 1. The molecule has 0 bridgehead atoms. The molecule has 0 atom stereocenters. The van der Waals surface area contributed by atoms with E-state index in [1.54, 1.807) is 12.1 Å². The molecule has 0 spiro atoms. The fraction of sp³-hybridized carbons (Fsp3) is 0.217. The van der Waals surface area contributed by atoms with Gasteiger partial charge in [0.2, 0.25) is 0 Å². The minimum atomic E-state index is -0.272. The Hall–Kier alpha value is -2.81. The maximum absolute atomic E-state index is 12.1. The number of nitrogens with zero attached hydrogens (tertiary/aromatic N) is 1. The van der Waals surface area contributed by atoms with Crippen LogP contribution in [-0.2, 0) is 13.0 Å². The number of rotatable bonds is 8. The van der Waals surface area contributed by atoms with Gasteiger partial charge in [0.05, 0.1) is 12.8 Å². The number of nitrogens with one attached hydrogen (secondary N) is 3. The Labute approximate surface area is 194 Å². The zero-order valence-electron chi connectivity index (χ0n) is 16.9. The van der Waals surface area contributed by atoms with Crippen molar-refractivity contribution in [2.75, 3.05) is 18.4 Å². The van der Waals surface area contributed by atoms with Crippen LogP contribution in [0.5, 0.6) is 0 Å². The lowest BCUT2D eigenvalue weighted by Crippen LogP contribution is -2.38. The van der Waals surface area contributed by atoms with Crippen LogP contribution >= 0.6 is 24.0 Å². The van der Waals surface area contributed by atoms with E-state index in [0.717, 1.165) is 31.0 Å². The molecule has 0 aliphatic heterocycles. The van der Waals surface area contributed by atoms with E-state index in [-0.39, 0.29) is 35.6 Å². The van der Waals surface area contributed by atoms with Gasteiger partial charge in [-0.2, -0.15) is 0 Å². The first kappa shape index (κ1) is 23.5. The van der Waals surface area contributed by atoms with Crippen molar-refractivity contribution in [3.63, 3.8) is 0 Å². The quantitative estimate of drug-likeness (QED) is 0.234. The molecule has 1 aromatic heterocycles. The van der Waals surface area contributed by atoms with Crippen molar-refractivity contribution in [2.24, 2.45) is 4.99 Å². The molecule has 0 radical (unpaired) electrons. The monoisotopic (exact) mass is 518 g/mol. The van der Waals surface area contributed by atoms with Crippen LogP contribution in [0.15, 0.2) is 82.4 Å². The Bertz CT molecular complexity index is 927. The highest BCUT2D eigenvalue weighted by Gasteiger charge is 2.08. The Kier molecular flexibility index (Phi) is 9.93. The molecule has 2 aromatic carbocycles. The molecule has 3 aromatic rings. The average Bonchev–Trinajstić information content (AvgIpc) is 3.28. The number of anilines is 1. The van der Waals surface area contributed by atoms with Crippen LogP contribution in [-0.4, -0.2) is 25.0 Å². The van der Waals surface area contributed by atoms with Gasteiger partial charge in [-0.25, -0.2) is 4.99 Å². The van der Waals surface area contributed by atoms with E-state index in [4.69, 9.17) is 4.42 Å². The van der Waals surface area contributed by atoms with Crippen molar-refractivity contribution < 1.29 is 9.21 Å². The summed E-state index contributed by atoms with van der Waals surface area (Å²) in [6.07, 6.45) is 2.41. The van der Waals surface area contributed by atoms with Gasteiger partial charge in [-0.05, 0) is 48.7 Å². The van der Waals surface area contributed by atoms with Crippen LogP contribution in [0, 0.1) is 0 Å². The first-order chi connectivity index (χ1) is 14.2. The van der Waals surface area contributed by atoms with Crippen molar-refractivity contribution in [2.45, 2.75) is 19.9 Å². The van der Waals surface area contributed by atoms with Crippen LogP contribution in [0.2, 0.25) is 0 Å². The summed E-state index contributed by atoms with van der Waals surface area (Å²) in [6, 6.07) is 21.3. The van der Waals surface area contributed by atoms with Gasteiger partial charge in [-0.1, -0.05) is 42.5 Å². The molecule has 1 heterocycles. The summed E-state index contributed by atoms with van der Waals surface area (Å²) in [4.78, 5) is 16.8. The molecule has 0 saturated carbocycles. The van der Waals surface area contributed by atoms with Crippen molar-refractivity contribution in [1.29, 1.82) is 0 Å². The summed E-state index contributed by atoms with van der Waals surface area (Å²) in [5.74, 6) is 0.783. The third-order valence-electron chi connectivity index (χ3n) is 4.24. The van der Waals surface area contributed by atoms with E-state index in [9.17, 15) is 4.79 Å². The van der Waals surface area contributed by atoms with Gasteiger partial charge in [0.15, 0.2) is 11.7 Å². The number of furan rings is 1. The predicted octanol–water partition coefficient (Wildman–Crippen LogP) is 4.45. The van der Waals surface area contributed by atoms with Crippen molar-refractivity contribution in [3.8, 4) is 0 Å². The molecule has 0 aliphatic rings. The van der Waals surface area contributed by atoms with Gasteiger partial charge in [-0.3, -0.25) is 4.79 Å². The molecule has 3 N–H and O–H groups in total. The summed E-state index contributed by atoms with van der Waals surface area (Å²) >= 11 is 0. The highest BCUT2D eigenvalue weighted by Crippen LogP contribution is 2.13. The number of hydrogen-bond donors (Lipinski definition) is 3. The van der Waals surface area contributed by atoms with Gasteiger partial charge >= 0.3 is 0 Å². The van der Waals surface area contributed by atoms with Gasteiger partial charge < -0.3 is 20.4 Å². The largest absolute Gasteiger partial charge is 0.459 e. The Morgan fingerprint density at radius 3 is 2.50 bits per heavy atom. The molecule has 30 heavy (non-hydrogen) atoms. The maximum Gasteiger partial charge on any atom is 0.291 e. The number of amides is 1. The molecule has 0 unspecified atom stereocenters. The fourth-order valence-electron chi connectivity index (χ4n) is 2.83. The van der Waals surface area contributed by atoms with Crippen molar-refractivity contribution in [3.05, 3.63) is 89.9 Å². The molecule has 3 rings (SSSR count). The second-order valence-electron chi connectivity index (χ2n) is 6.49. The van der Waals surface area contributed by atoms with Gasteiger partial charge in [0, 0.05) is 18.8 Å². The Morgan fingerprint density at radius 1 is 0.967 bits per heavy atom. The fourth-order valence-corrected chi connectivity index (χ4v) is 2.83. The van der Waals surface area contributed by atoms with Crippen LogP contribution in [0.25, 0.3) is 0 Å². The van der Waals surface area contributed by atoms with Crippen molar-refractivity contribution in [1.82, 2.24) is 10.6 Å². The zero-order chi connectivity index (χ0) is 20.3. The second-order valence-corrected chi connectivity index (χ2v) is 6.49. The van der Waals surface area contributed by atoms with Gasteiger partial charge in [0.25, 0.3) is 5.91 Å². The number of halogens is 1. The van der Waals surface area contributed by atoms with Crippen LogP contribution in [0.4, 0.5) is 5.69 Å². The Balaban J connectivity index is 0.00000320. The van der Waals surface area contributed by atoms with E-state index in [1.807, 2.05) is 49.4 Å². The van der Waals surface area contributed by atoms with E-state index in [0.29, 0.717) is 12.2 Å². The van der Waals surface area contributed by atoms with E-state index in [1.165, 1.54) is 11.8 Å². The highest BCUT2D eigenvalue weighted by atomic mass is 127. The second kappa shape index (κ2) is 12.7. The van der Waals surface area contributed by atoms with E-state index in [2.05, 4.69) is 33.1 Å². The van der Waals surface area contributed by atoms with E-state index >= 15 is 0 Å². The number of benzene rings is 2. The van der Waals surface area contributed by atoms with Crippen molar-refractivity contribution >= 4 is 41.5 Å². The lowest BCUT2D eigenvalue weighted by Gasteiger charge is -2.11. The summed E-state index contributed by atoms with van der Waals surface area (Å²) < 4.78 is 5.12. The summed E-state index contributed by atoms with van der Waals surface area (Å²) in [5.41, 5.74) is 3.00. The molecule has 0 aliphatic carbocycles. The zero-order valence-corrected chi connectivity index (χ0v) is 19.3. The number of hydrogen-bond acceptors (Lipinski definition) is 3. The third-order valence-corrected chi connectivity index (χ3v) is 4.24. The normalized spacial score (nSPS) is 10.8. The smallest absolute Gasteiger partial charge is 0.291 e. The highest BCUT2D eigenvalue weighted by molar-refractivity contribution is 14.0. The average molecular weight is 518 g/mol. The molecule has 0 fully saturated rings. The lowest BCUT2D eigenvalue weighted by atomic mass is 10.1. The summed E-state index contributed by atoms with van der Waals surface area (Å²) in [7, 11) is 0. The summed E-state index contributed by atoms with van der Waals surface area (Å²) in [6.45, 7) is 4.13. The molecular formula is C23H27IN4O2. The van der Waals surface area contributed by atoms with Crippen LogP contribution in [0.1, 0.15) is 28.6 Å². The van der Waals surface area contributed by atoms with Gasteiger partial charge in [0.1, 0.15) is 0 Å². The van der Waals surface area contributed by atoms with Gasteiger partial charge in [-0.15, -0.1) is 24.0 Å². The van der Waals surface area contributed by atoms with Crippen LogP contribution in [0.3, 0.4) is 0 Å². The minimum Gasteiger partial charge on any atom is -0.459 e. The standard InChI is InChI=1S/C23H26N4O2.HI/c1-2-24-23(25-14-13-18-8-4-3-5-9-18)26-17-19-10-6-11-20(16-19)27-22(28)21-12-7-15-29-21;/h3-12,15-16H,2,13-14,17H2,1H3,(H,27,28)(H2,24,25,26);1H. The van der Waals surface area contributed by atoms with E-state index < -0.39 is 0 Å². The lowest BCUT2D eigenvalue weighted by molar-refractivity contribution is 0.0996. The molecule has 6 nitrogen and oxygen atoms in total. The topological polar surface area (TPSA) is 78.7 Å². The SMILES string of the molecule is CCNC(=NCc1cccc(NC(=O)c2ccco2)c1)NCCc1ccccc1.I. The molecule has 0 saturated heterocycles. The molecule has 1 amide bonds. The number of carbonyl (C=O) groups excluding carboxylic acids is 1. The number of carbonyl (C=O) groups is 1. The molecular weight excluding hydrogens is 491 g/mol. The summed E-state index contributed by atoms with van der Waals surface area (Å²) in [5, 5.41) is 9.46. The number of aliphatic imine (C=N–C) groups is 1. The minimum absolute atomic E-state index is 0. The molecule has 7 heteroatoms.